The van der Waals surface area contributed by atoms with Gasteiger partial charge in [-0.05, 0) is 29.7 Å². The minimum atomic E-state index is -0.300. The minimum absolute atomic E-state index is 0.224. The maximum atomic E-state index is 12.2. The Labute approximate surface area is 145 Å². The van der Waals surface area contributed by atoms with Crippen molar-refractivity contribution >= 4 is 5.91 Å². The Bertz CT molecular complexity index is 892. The van der Waals surface area contributed by atoms with Gasteiger partial charge >= 0.3 is 0 Å². The molecule has 126 valence electrons. The number of aromatic nitrogens is 3. The van der Waals surface area contributed by atoms with E-state index >= 15 is 0 Å². The van der Waals surface area contributed by atoms with Crippen LogP contribution >= 0.6 is 0 Å². The minimum Gasteiger partial charge on any atom is -0.350 e. The number of rotatable bonds is 6. The molecular formula is C19H18N4O2. The number of pyridine rings is 1. The van der Waals surface area contributed by atoms with E-state index in [2.05, 4.69) is 15.4 Å². The fraction of sp³-hybridized carbons (Fsp3) is 0.158. The van der Waals surface area contributed by atoms with E-state index < -0.39 is 0 Å². The first kappa shape index (κ1) is 16.6. The topological polar surface area (TPSA) is 76.9 Å². The molecule has 1 N–H and O–H groups in total. The maximum absolute atomic E-state index is 12.2. The lowest BCUT2D eigenvalue weighted by Crippen LogP contribution is -2.31. The molecule has 0 saturated carbocycles. The van der Waals surface area contributed by atoms with Gasteiger partial charge in [0.15, 0.2) is 0 Å². The summed E-state index contributed by atoms with van der Waals surface area (Å²) in [6.07, 6.45) is 4.16. The second-order valence-corrected chi connectivity index (χ2v) is 5.57. The molecule has 2 aromatic heterocycles. The SMILES string of the molecule is O=C(NCCc1cccnc1)c1ccc(=O)n(Cc2ccccc2)n1. The molecule has 0 spiro atoms. The number of carbonyl (C=O) groups excluding carboxylic acids is 1. The van der Waals surface area contributed by atoms with Gasteiger partial charge < -0.3 is 5.32 Å². The van der Waals surface area contributed by atoms with Crippen molar-refractivity contribution in [2.75, 3.05) is 6.54 Å². The van der Waals surface area contributed by atoms with Crippen LogP contribution in [0.5, 0.6) is 0 Å². The van der Waals surface area contributed by atoms with Gasteiger partial charge in [-0.25, -0.2) is 4.68 Å². The molecule has 0 aliphatic rings. The molecule has 0 radical (unpaired) electrons. The lowest BCUT2D eigenvalue weighted by Gasteiger charge is -2.08. The molecule has 3 rings (SSSR count). The summed E-state index contributed by atoms with van der Waals surface area (Å²) >= 11 is 0. The van der Waals surface area contributed by atoms with E-state index in [1.54, 1.807) is 12.4 Å². The fourth-order valence-corrected chi connectivity index (χ4v) is 2.40. The highest BCUT2D eigenvalue weighted by Crippen LogP contribution is 2.01. The summed E-state index contributed by atoms with van der Waals surface area (Å²) in [5.41, 5.74) is 1.98. The molecule has 3 aromatic rings. The lowest BCUT2D eigenvalue weighted by molar-refractivity contribution is 0.0946. The molecule has 2 heterocycles. The van der Waals surface area contributed by atoms with E-state index in [0.29, 0.717) is 19.5 Å². The highest BCUT2D eigenvalue weighted by molar-refractivity contribution is 5.91. The molecule has 0 aliphatic heterocycles. The zero-order valence-electron chi connectivity index (χ0n) is 13.6. The van der Waals surface area contributed by atoms with Crippen LogP contribution in [0.2, 0.25) is 0 Å². The van der Waals surface area contributed by atoms with E-state index in [0.717, 1.165) is 11.1 Å². The number of amides is 1. The molecular weight excluding hydrogens is 316 g/mol. The van der Waals surface area contributed by atoms with Crippen LogP contribution in [-0.4, -0.2) is 27.2 Å². The van der Waals surface area contributed by atoms with E-state index in [-0.39, 0.29) is 17.2 Å². The van der Waals surface area contributed by atoms with Crippen LogP contribution in [0.25, 0.3) is 0 Å². The molecule has 0 atom stereocenters. The van der Waals surface area contributed by atoms with E-state index in [1.807, 2.05) is 42.5 Å². The van der Waals surface area contributed by atoms with Crippen molar-refractivity contribution < 1.29 is 4.79 Å². The number of nitrogens with zero attached hydrogens (tertiary/aromatic N) is 3. The van der Waals surface area contributed by atoms with Gasteiger partial charge in [-0.15, -0.1) is 0 Å². The van der Waals surface area contributed by atoms with Crippen molar-refractivity contribution in [1.29, 1.82) is 0 Å². The normalized spacial score (nSPS) is 10.4. The zero-order chi connectivity index (χ0) is 17.5. The van der Waals surface area contributed by atoms with Crippen molar-refractivity contribution in [1.82, 2.24) is 20.1 Å². The van der Waals surface area contributed by atoms with Crippen molar-refractivity contribution in [3.63, 3.8) is 0 Å². The molecule has 0 unspecified atom stereocenters. The Morgan fingerprint density at radius 3 is 2.56 bits per heavy atom. The van der Waals surface area contributed by atoms with Gasteiger partial charge in [0.2, 0.25) is 0 Å². The van der Waals surface area contributed by atoms with Crippen LogP contribution in [0.4, 0.5) is 0 Å². The summed E-state index contributed by atoms with van der Waals surface area (Å²) in [5, 5.41) is 6.99. The molecule has 0 aliphatic carbocycles. The zero-order valence-corrected chi connectivity index (χ0v) is 13.6. The van der Waals surface area contributed by atoms with E-state index in [1.165, 1.54) is 16.8 Å². The second kappa shape index (κ2) is 8.01. The Morgan fingerprint density at radius 2 is 1.80 bits per heavy atom. The number of nitrogens with one attached hydrogen (secondary N) is 1. The number of carbonyl (C=O) groups is 1. The standard InChI is InChI=1S/C19H18N4O2/c24-18-9-8-17(22-23(18)14-16-5-2-1-3-6-16)19(25)21-12-10-15-7-4-11-20-13-15/h1-9,11,13H,10,12,14H2,(H,21,25). The first-order chi connectivity index (χ1) is 12.2. The first-order valence-corrected chi connectivity index (χ1v) is 8.01. The number of hydrogen-bond acceptors (Lipinski definition) is 4. The molecule has 0 fully saturated rings. The van der Waals surface area contributed by atoms with E-state index in [4.69, 9.17) is 0 Å². The molecule has 1 amide bonds. The van der Waals surface area contributed by atoms with Gasteiger partial charge in [0, 0.05) is 25.0 Å². The first-order valence-electron chi connectivity index (χ1n) is 8.01. The summed E-state index contributed by atoms with van der Waals surface area (Å²) in [4.78, 5) is 28.2. The van der Waals surface area contributed by atoms with Crippen molar-refractivity contribution in [2.24, 2.45) is 0 Å². The van der Waals surface area contributed by atoms with Crippen molar-refractivity contribution in [3.05, 3.63) is 94.2 Å². The average molecular weight is 334 g/mol. The highest BCUT2D eigenvalue weighted by atomic mass is 16.2. The molecule has 6 heteroatoms. The molecule has 0 bridgehead atoms. The smallest absolute Gasteiger partial charge is 0.271 e. The summed E-state index contributed by atoms with van der Waals surface area (Å²) < 4.78 is 1.30. The van der Waals surface area contributed by atoms with Crippen LogP contribution in [0.1, 0.15) is 21.6 Å². The number of hydrogen-bond donors (Lipinski definition) is 1. The van der Waals surface area contributed by atoms with E-state index in [9.17, 15) is 9.59 Å². The average Bonchev–Trinajstić information content (AvgIpc) is 2.65. The van der Waals surface area contributed by atoms with Crippen LogP contribution in [0.3, 0.4) is 0 Å². The lowest BCUT2D eigenvalue weighted by atomic mass is 10.2. The third-order valence-corrected chi connectivity index (χ3v) is 3.70. The Hall–Kier alpha value is -3.28. The fourth-order valence-electron chi connectivity index (χ4n) is 2.40. The van der Waals surface area contributed by atoms with Gasteiger partial charge in [0.25, 0.3) is 11.5 Å². The highest BCUT2D eigenvalue weighted by Gasteiger charge is 2.09. The van der Waals surface area contributed by atoms with Gasteiger partial charge in [-0.1, -0.05) is 36.4 Å². The summed E-state index contributed by atoms with van der Waals surface area (Å²) in [6.45, 7) is 0.806. The largest absolute Gasteiger partial charge is 0.350 e. The Balaban J connectivity index is 1.64. The monoisotopic (exact) mass is 334 g/mol. The van der Waals surface area contributed by atoms with Crippen LogP contribution < -0.4 is 10.9 Å². The van der Waals surface area contributed by atoms with Crippen molar-refractivity contribution in [2.45, 2.75) is 13.0 Å². The maximum Gasteiger partial charge on any atom is 0.271 e. The predicted octanol–water partition coefficient (Wildman–Crippen LogP) is 1.66. The van der Waals surface area contributed by atoms with Gasteiger partial charge in [-0.3, -0.25) is 14.6 Å². The summed E-state index contributed by atoms with van der Waals surface area (Å²) in [7, 11) is 0. The molecule has 1 aromatic carbocycles. The van der Waals surface area contributed by atoms with Gasteiger partial charge in [-0.2, -0.15) is 5.10 Å². The Kier molecular flexibility index (Phi) is 5.31. The molecule has 25 heavy (non-hydrogen) atoms. The third-order valence-electron chi connectivity index (χ3n) is 3.70. The predicted molar refractivity (Wildman–Crippen MR) is 94.3 cm³/mol. The Morgan fingerprint density at radius 1 is 1.00 bits per heavy atom. The number of benzene rings is 1. The summed E-state index contributed by atoms with van der Waals surface area (Å²) in [6, 6.07) is 16.2. The van der Waals surface area contributed by atoms with Crippen LogP contribution in [0.15, 0.2) is 71.8 Å². The molecule has 0 saturated heterocycles. The quantitative estimate of drug-likeness (QED) is 0.744. The van der Waals surface area contributed by atoms with Crippen LogP contribution in [-0.2, 0) is 13.0 Å². The van der Waals surface area contributed by atoms with Crippen molar-refractivity contribution in [3.8, 4) is 0 Å². The van der Waals surface area contributed by atoms with Gasteiger partial charge in [0.1, 0.15) is 5.69 Å². The second-order valence-electron chi connectivity index (χ2n) is 5.57. The van der Waals surface area contributed by atoms with Crippen LogP contribution in [0, 0.1) is 0 Å². The summed E-state index contributed by atoms with van der Waals surface area (Å²) in [5.74, 6) is -0.300. The molecule has 6 nitrogen and oxygen atoms in total. The third kappa shape index (κ3) is 4.60. The van der Waals surface area contributed by atoms with Gasteiger partial charge in [0.05, 0.1) is 6.54 Å².